The Morgan fingerprint density at radius 2 is 2.04 bits per heavy atom. The van der Waals surface area contributed by atoms with Crippen LogP contribution in [0.25, 0.3) is 6.08 Å². The Morgan fingerprint density at radius 1 is 1.29 bits per heavy atom. The van der Waals surface area contributed by atoms with Gasteiger partial charge in [-0.25, -0.2) is 0 Å². The minimum absolute atomic E-state index is 0.00250. The van der Waals surface area contributed by atoms with Crippen molar-refractivity contribution >= 4 is 68.4 Å². The molecule has 8 heteroatoms. The molecule has 1 aromatic heterocycles. The summed E-state index contributed by atoms with van der Waals surface area (Å²) < 4.78 is 5.82. The van der Waals surface area contributed by atoms with E-state index < -0.39 is 11.8 Å². The van der Waals surface area contributed by atoms with E-state index in [1.165, 1.54) is 11.0 Å². The number of hydrogen-bond acceptors (Lipinski definition) is 4. The fourth-order valence-electron chi connectivity index (χ4n) is 2.16. The van der Waals surface area contributed by atoms with Gasteiger partial charge in [-0.2, -0.15) is 0 Å². The normalized spacial score (nSPS) is 16.7. The Balaban J connectivity index is 2.02. The summed E-state index contributed by atoms with van der Waals surface area (Å²) >= 11 is 14.4. The van der Waals surface area contributed by atoms with Gasteiger partial charge in [-0.15, -0.1) is 0 Å². The van der Waals surface area contributed by atoms with Gasteiger partial charge in [0.25, 0.3) is 11.8 Å². The molecular weight excluding hydrogens is 416 g/mol. The first kappa shape index (κ1) is 16.9. The SMILES string of the molecule is Cc1ccc(N2C(=O)/C(=C/c3ccc(Br)o3)C(=O)NC2=S)cc1Cl. The molecule has 1 aromatic carbocycles. The lowest BCUT2D eigenvalue weighted by Gasteiger charge is -2.29. The van der Waals surface area contributed by atoms with Gasteiger partial charge in [0.1, 0.15) is 11.3 Å². The average molecular weight is 426 g/mol. The molecule has 1 aliphatic heterocycles. The van der Waals surface area contributed by atoms with Gasteiger partial charge >= 0.3 is 0 Å². The molecule has 24 heavy (non-hydrogen) atoms. The Bertz CT molecular complexity index is 906. The number of carbonyl (C=O) groups excluding carboxylic acids is 2. The monoisotopic (exact) mass is 424 g/mol. The summed E-state index contributed by atoms with van der Waals surface area (Å²) in [6.07, 6.45) is 1.37. The highest BCUT2D eigenvalue weighted by Crippen LogP contribution is 2.27. The van der Waals surface area contributed by atoms with Gasteiger partial charge in [0.05, 0.1) is 5.69 Å². The van der Waals surface area contributed by atoms with Crippen molar-refractivity contribution in [3.8, 4) is 0 Å². The molecule has 5 nitrogen and oxygen atoms in total. The minimum atomic E-state index is -0.577. The number of anilines is 1. The second kappa shape index (κ2) is 6.51. The van der Waals surface area contributed by atoms with Gasteiger partial charge in [0, 0.05) is 5.02 Å². The van der Waals surface area contributed by atoms with E-state index in [9.17, 15) is 9.59 Å². The fourth-order valence-corrected chi connectivity index (χ4v) is 2.94. The Morgan fingerprint density at radius 3 is 2.67 bits per heavy atom. The number of thiocarbonyl (C=S) groups is 1. The predicted octanol–water partition coefficient (Wildman–Crippen LogP) is 3.84. The lowest BCUT2D eigenvalue weighted by Crippen LogP contribution is -2.54. The number of aryl methyl sites for hydroxylation is 1. The van der Waals surface area contributed by atoms with Crippen LogP contribution in [0.5, 0.6) is 0 Å². The lowest BCUT2D eigenvalue weighted by atomic mass is 10.1. The molecule has 1 fully saturated rings. The molecule has 0 radical (unpaired) electrons. The fraction of sp³-hybridized carbons (Fsp3) is 0.0625. The summed E-state index contributed by atoms with van der Waals surface area (Å²) in [5.74, 6) is -0.752. The smallest absolute Gasteiger partial charge is 0.270 e. The molecule has 3 rings (SSSR count). The second-order valence-corrected chi connectivity index (χ2v) is 6.61. The standard InChI is InChI=1S/C16H10BrClN2O3S/c1-8-2-3-9(6-12(8)18)20-15(22)11(14(21)19-16(20)24)7-10-4-5-13(17)23-10/h2-7H,1H3,(H,19,21,24)/b11-7+. The highest BCUT2D eigenvalue weighted by atomic mass is 79.9. The third-order valence-corrected chi connectivity index (χ3v) is 4.51. The van der Waals surface area contributed by atoms with Crippen LogP contribution in [0.15, 0.2) is 45.0 Å². The maximum atomic E-state index is 12.8. The van der Waals surface area contributed by atoms with Gasteiger partial charge in [0.15, 0.2) is 9.78 Å². The van der Waals surface area contributed by atoms with E-state index in [0.717, 1.165) is 5.56 Å². The van der Waals surface area contributed by atoms with Gasteiger partial charge in [-0.3, -0.25) is 19.8 Å². The summed E-state index contributed by atoms with van der Waals surface area (Å²) in [4.78, 5) is 26.1. The molecule has 2 heterocycles. The van der Waals surface area contributed by atoms with Crippen LogP contribution in [0.1, 0.15) is 11.3 Å². The van der Waals surface area contributed by atoms with Crippen molar-refractivity contribution in [1.82, 2.24) is 5.32 Å². The highest BCUT2D eigenvalue weighted by molar-refractivity contribution is 9.10. The summed E-state index contributed by atoms with van der Waals surface area (Å²) in [6.45, 7) is 1.85. The molecule has 2 aromatic rings. The van der Waals surface area contributed by atoms with Crippen LogP contribution in [0, 0.1) is 6.92 Å². The summed E-state index contributed by atoms with van der Waals surface area (Å²) in [6, 6.07) is 8.41. The topological polar surface area (TPSA) is 62.6 Å². The van der Waals surface area contributed by atoms with Crippen molar-refractivity contribution in [3.63, 3.8) is 0 Å². The summed E-state index contributed by atoms with van der Waals surface area (Å²) in [5, 5.41) is 3.01. The molecule has 1 aliphatic rings. The van der Waals surface area contributed by atoms with E-state index in [-0.39, 0.29) is 10.7 Å². The Labute approximate surface area is 156 Å². The first-order valence-corrected chi connectivity index (χ1v) is 8.37. The number of nitrogens with one attached hydrogen (secondary N) is 1. The van der Waals surface area contributed by atoms with Gasteiger partial charge in [0.2, 0.25) is 0 Å². The number of benzene rings is 1. The minimum Gasteiger partial charge on any atom is -0.450 e. The van der Waals surface area contributed by atoms with Crippen molar-refractivity contribution in [2.24, 2.45) is 0 Å². The van der Waals surface area contributed by atoms with Gasteiger partial charge < -0.3 is 4.42 Å². The van der Waals surface area contributed by atoms with Crippen LogP contribution in [0.2, 0.25) is 5.02 Å². The van der Waals surface area contributed by atoms with E-state index in [0.29, 0.717) is 21.1 Å². The molecule has 0 aliphatic carbocycles. The van der Waals surface area contributed by atoms with Gasteiger partial charge in [-0.05, 0) is 71.0 Å². The van der Waals surface area contributed by atoms with E-state index in [4.69, 9.17) is 28.2 Å². The van der Waals surface area contributed by atoms with Crippen LogP contribution in [-0.2, 0) is 9.59 Å². The van der Waals surface area contributed by atoms with Crippen LogP contribution in [0.3, 0.4) is 0 Å². The maximum Gasteiger partial charge on any atom is 0.270 e. The molecule has 0 atom stereocenters. The molecular formula is C16H10BrClN2O3S. The highest BCUT2D eigenvalue weighted by Gasteiger charge is 2.34. The molecule has 0 bridgehead atoms. The second-order valence-electron chi connectivity index (χ2n) is 5.03. The Hall–Kier alpha value is -1.96. The van der Waals surface area contributed by atoms with Crippen molar-refractivity contribution in [2.45, 2.75) is 6.92 Å². The third-order valence-electron chi connectivity index (χ3n) is 3.40. The molecule has 1 saturated heterocycles. The average Bonchev–Trinajstić information content (AvgIpc) is 2.92. The van der Waals surface area contributed by atoms with Crippen LogP contribution in [-0.4, -0.2) is 16.9 Å². The van der Waals surface area contributed by atoms with Crippen LogP contribution in [0.4, 0.5) is 5.69 Å². The zero-order valence-corrected chi connectivity index (χ0v) is 15.5. The van der Waals surface area contributed by atoms with Crippen molar-refractivity contribution in [1.29, 1.82) is 0 Å². The molecule has 0 saturated carbocycles. The number of hydrogen-bond donors (Lipinski definition) is 1. The lowest BCUT2D eigenvalue weighted by molar-refractivity contribution is -0.122. The number of amides is 2. The molecule has 1 N–H and O–H groups in total. The first-order valence-electron chi connectivity index (χ1n) is 6.80. The number of carbonyl (C=O) groups is 2. The number of furan rings is 1. The Kier molecular flexibility index (Phi) is 4.58. The van der Waals surface area contributed by atoms with E-state index in [1.54, 1.807) is 30.3 Å². The molecule has 0 unspecified atom stereocenters. The molecule has 2 amide bonds. The van der Waals surface area contributed by atoms with E-state index in [1.807, 2.05) is 6.92 Å². The molecule has 122 valence electrons. The van der Waals surface area contributed by atoms with E-state index >= 15 is 0 Å². The largest absolute Gasteiger partial charge is 0.450 e. The van der Waals surface area contributed by atoms with Crippen LogP contribution < -0.4 is 10.2 Å². The maximum absolute atomic E-state index is 12.8. The van der Waals surface area contributed by atoms with Crippen molar-refractivity contribution in [2.75, 3.05) is 4.90 Å². The summed E-state index contributed by atoms with van der Waals surface area (Å²) in [5.41, 5.74) is 1.27. The van der Waals surface area contributed by atoms with Gasteiger partial charge in [-0.1, -0.05) is 17.7 Å². The predicted molar refractivity (Wildman–Crippen MR) is 98.8 cm³/mol. The quantitative estimate of drug-likeness (QED) is 0.451. The van der Waals surface area contributed by atoms with Crippen molar-refractivity contribution < 1.29 is 14.0 Å². The van der Waals surface area contributed by atoms with Crippen molar-refractivity contribution in [3.05, 3.63) is 56.9 Å². The van der Waals surface area contributed by atoms with Crippen LogP contribution >= 0.6 is 39.7 Å². The number of rotatable bonds is 2. The number of halogens is 2. The summed E-state index contributed by atoms with van der Waals surface area (Å²) in [7, 11) is 0. The molecule has 0 spiro atoms. The third kappa shape index (κ3) is 3.15. The number of nitrogens with zero attached hydrogens (tertiary/aromatic N) is 1. The first-order chi connectivity index (χ1) is 11.4. The van der Waals surface area contributed by atoms with E-state index in [2.05, 4.69) is 21.2 Å². The zero-order valence-electron chi connectivity index (χ0n) is 12.3. The zero-order chi connectivity index (χ0) is 17.4.